The van der Waals surface area contributed by atoms with Crippen LogP contribution in [0.4, 0.5) is 26.3 Å². The van der Waals surface area contributed by atoms with Gasteiger partial charge in [0.1, 0.15) is 5.75 Å². The molecule has 1 aromatic heterocycles. The molecule has 6 nitrogen and oxygen atoms in total. The Morgan fingerprint density at radius 2 is 1.64 bits per heavy atom. The summed E-state index contributed by atoms with van der Waals surface area (Å²) in [6.07, 6.45) is -6.33. The van der Waals surface area contributed by atoms with Crippen LogP contribution >= 0.6 is 12.4 Å². The Balaban J connectivity index is 0.00000420. The van der Waals surface area contributed by atoms with Crippen LogP contribution in [0.5, 0.6) is 5.75 Å². The van der Waals surface area contributed by atoms with Crippen molar-refractivity contribution in [2.24, 2.45) is 7.05 Å². The first-order chi connectivity index (χ1) is 17.7. The smallest absolute Gasteiger partial charge is 0.416 e. The number of aromatic nitrogens is 2. The molecule has 13 heteroatoms. The number of alkyl halides is 6. The summed E-state index contributed by atoms with van der Waals surface area (Å²) in [5.41, 5.74) is -1.50. The van der Waals surface area contributed by atoms with Crippen LogP contribution in [0.1, 0.15) is 38.2 Å². The molecule has 0 bridgehead atoms. The molecule has 1 amide bonds. The van der Waals surface area contributed by atoms with E-state index in [2.05, 4.69) is 5.10 Å². The number of halogens is 7. The minimum Gasteiger partial charge on any atom is -0.508 e. The van der Waals surface area contributed by atoms with Crippen LogP contribution in [-0.4, -0.2) is 56.3 Å². The monoisotopic (exact) mass is 576 g/mol. The predicted octanol–water partition coefficient (Wildman–Crippen LogP) is 5.46. The molecule has 4 rings (SSSR count). The van der Waals surface area contributed by atoms with E-state index in [9.17, 15) is 36.2 Å². The molecule has 1 aliphatic heterocycles. The van der Waals surface area contributed by atoms with E-state index in [1.807, 2.05) is 11.1 Å². The minimum atomic E-state index is -5.06. The molecular formula is C26H27ClF6N4O2. The summed E-state index contributed by atoms with van der Waals surface area (Å²) in [5.74, 6) is -0.861. The summed E-state index contributed by atoms with van der Waals surface area (Å²) in [4.78, 5) is 16.8. The number of nitrogens with zero attached hydrogens (tertiary/aromatic N) is 4. The Morgan fingerprint density at radius 1 is 1.00 bits per heavy atom. The molecule has 0 aliphatic carbocycles. The molecule has 2 aromatic carbocycles. The van der Waals surface area contributed by atoms with Crippen LogP contribution in [0.15, 0.2) is 48.8 Å². The fourth-order valence-corrected chi connectivity index (χ4v) is 4.62. The van der Waals surface area contributed by atoms with Crippen LogP contribution in [-0.2, 0) is 32.4 Å². The lowest BCUT2D eigenvalue weighted by Gasteiger charge is -2.41. The minimum absolute atomic E-state index is 0. The lowest BCUT2D eigenvalue weighted by Crippen LogP contribution is -2.55. The fraction of sp³-hybridized carbons (Fsp3) is 0.385. The van der Waals surface area contributed by atoms with Crippen molar-refractivity contribution in [1.29, 1.82) is 0 Å². The number of carbonyl (C=O) groups is 1. The number of carbonyl (C=O) groups excluding carboxylic acids is 1. The summed E-state index contributed by atoms with van der Waals surface area (Å²) in [5, 5.41) is 14.3. The van der Waals surface area contributed by atoms with Gasteiger partial charge in [0.25, 0.3) is 5.91 Å². The second-order valence-electron chi connectivity index (χ2n) is 9.53. The van der Waals surface area contributed by atoms with Crippen LogP contribution in [0, 0.1) is 6.92 Å². The molecule has 1 fully saturated rings. The van der Waals surface area contributed by atoms with Gasteiger partial charge in [0.2, 0.25) is 0 Å². The van der Waals surface area contributed by atoms with E-state index in [1.165, 1.54) is 4.90 Å². The summed E-state index contributed by atoms with van der Waals surface area (Å²) >= 11 is 0. The molecule has 39 heavy (non-hydrogen) atoms. The first kappa shape index (κ1) is 30.3. The van der Waals surface area contributed by atoms with Crippen molar-refractivity contribution in [1.82, 2.24) is 19.6 Å². The molecule has 1 saturated heterocycles. The SMILES string of the molecule is Cc1ccc(C[C@@H]2CN(Cc3cnn(C)c3)CCN2C(=O)c2cc(C(F)(F)F)cc(C(F)(F)F)c2)cc1O.Cl. The standard InChI is InChI=1S/C26H26F6N4O2.ClH/c1-16-3-4-17(8-23(16)37)7-22-15-35(14-18-12-33-34(2)13-18)5-6-36(22)24(38)19-9-20(25(27,28)29)11-21(10-19)26(30,31)32;/h3-4,8-13,22,37H,5-7,14-15H2,1-2H3;1H/t22-;/m1./s1. The molecule has 3 aromatic rings. The van der Waals surface area contributed by atoms with Crippen molar-refractivity contribution in [3.05, 3.63) is 82.2 Å². The van der Waals surface area contributed by atoms with Crippen LogP contribution in [0.25, 0.3) is 0 Å². The van der Waals surface area contributed by atoms with Crippen LogP contribution in [0.2, 0.25) is 0 Å². The number of benzene rings is 2. The number of aryl methyl sites for hydroxylation is 2. The number of phenolic OH excluding ortho intramolecular Hbond substituents is 1. The number of aromatic hydroxyl groups is 1. The van der Waals surface area contributed by atoms with Crippen molar-refractivity contribution < 1.29 is 36.2 Å². The van der Waals surface area contributed by atoms with Crippen LogP contribution < -0.4 is 0 Å². The topological polar surface area (TPSA) is 61.6 Å². The first-order valence-electron chi connectivity index (χ1n) is 11.8. The maximum Gasteiger partial charge on any atom is 0.416 e. The van der Waals surface area contributed by atoms with E-state index >= 15 is 0 Å². The van der Waals surface area contributed by atoms with Crippen molar-refractivity contribution in [2.75, 3.05) is 19.6 Å². The highest BCUT2D eigenvalue weighted by Crippen LogP contribution is 2.37. The van der Waals surface area contributed by atoms with Gasteiger partial charge in [-0.25, -0.2) is 0 Å². The maximum atomic E-state index is 13.5. The average molecular weight is 577 g/mol. The third-order valence-corrected chi connectivity index (χ3v) is 6.57. The van der Waals surface area contributed by atoms with E-state index < -0.39 is 41.0 Å². The van der Waals surface area contributed by atoms with Gasteiger partial charge in [-0.3, -0.25) is 14.4 Å². The third kappa shape index (κ3) is 7.24. The third-order valence-electron chi connectivity index (χ3n) is 6.57. The zero-order valence-corrected chi connectivity index (χ0v) is 21.9. The summed E-state index contributed by atoms with van der Waals surface area (Å²) in [7, 11) is 1.77. The second kappa shape index (κ2) is 11.5. The highest BCUT2D eigenvalue weighted by Gasteiger charge is 2.39. The molecule has 0 spiro atoms. The lowest BCUT2D eigenvalue weighted by molar-refractivity contribution is -0.143. The fourth-order valence-electron chi connectivity index (χ4n) is 4.62. The van der Waals surface area contributed by atoms with E-state index in [4.69, 9.17) is 0 Å². The number of hydrogen-bond donors (Lipinski definition) is 1. The van der Waals surface area contributed by atoms with Gasteiger partial charge in [-0.15, -0.1) is 12.4 Å². The largest absolute Gasteiger partial charge is 0.508 e. The van der Waals surface area contributed by atoms with Gasteiger partial charge in [0.05, 0.1) is 17.3 Å². The van der Waals surface area contributed by atoms with E-state index in [1.54, 1.807) is 43.0 Å². The van der Waals surface area contributed by atoms with Gasteiger partial charge in [-0.1, -0.05) is 12.1 Å². The molecular weight excluding hydrogens is 550 g/mol. The number of piperazine rings is 1. The highest BCUT2D eigenvalue weighted by molar-refractivity contribution is 5.95. The maximum absolute atomic E-state index is 13.5. The molecule has 0 radical (unpaired) electrons. The van der Waals surface area contributed by atoms with Crippen molar-refractivity contribution in [2.45, 2.75) is 38.3 Å². The summed E-state index contributed by atoms with van der Waals surface area (Å²) < 4.78 is 82.1. The van der Waals surface area contributed by atoms with Gasteiger partial charge >= 0.3 is 12.4 Å². The summed E-state index contributed by atoms with van der Waals surface area (Å²) in [6.45, 7) is 3.01. The Kier molecular flexibility index (Phi) is 8.91. The van der Waals surface area contributed by atoms with Crippen molar-refractivity contribution in [3.8, 4) is 5.75 Å². The van der Waals surface area contributed by atoms with Gasteiger partial charge in [0, 0.05) is 56.6 Å². The number of phenols is 1. The zero-order valence-electron chi connectivity index (χ0n) is 21.1. The van der Waals surface area contributed by atoms with Gasteiger partial charge < -0.3 is 10.0 Å². The van der Waals surface area contributed by atoms with Crippen molar-refractivity contribution >= 4 is 18.3 Å². The Bertz CT molecular complexity index is 1290. The quantitative estimate of drug-likeness (QED) is 0.410. The Labute approximate surface area is 227 Å². The summed E-state index contributed by atoms with van der Waals surface area (Å²) in [6, 6.07) is 5.39. The normalized spacial score (nSPS) is 16.7. The molecule has 0 unspecified atom stereocenters. The van der Waals surface area contributed by atoms with E-state index in [0.717, 1.165) is 5.56 Å². The van der Waals surface area contributed by atoms with Crippen LogP contribution in [0.3, 0.4) is 0 Å². The van der Waals surface area contributed by atoms with Gasteiger partial charge in [0.15, 0.2) is 0 Å². The second-order valence-corrected chi connectivity index (χ2v) is 9.53. The molecule has 1 atom stereocenters. The molecule has 1 aliphatic rings. The van der Waals surface area contributed by atoms with Gasteiger partial charge in [-0.2, -0.15) is 31.4 Å². The molecule has 0 saturated carbocycles. The number of amides is 1. The zero-order chi connectivity index (χ0) is 27.8. The number of rotatable bonds is 5. The van der Waals surface area contributed by atoms with E-state index in [-0.39, 0.29) is 37.2 Å². The van der Waals surface area contributed by atoms with E-state index in [0.29, 0.717) is 42.9 Å². The average Bonchev–Trinajstić information content (AvgIpc) is 3.24. The molecule has 212 valence electrons. The molecule has 2 heterocycles. The first-order valence-corrected chi connectivity index (χ1v) is 11.8. The number of hydrogen-bond acceptors (Lipinski definition) is 4. The van der Waals surface area contributed by atoms with Crippen molar-refractivity contribution in [3.63, 3.8) is 0 Å². The predicted molar refractivity (Wildman–Crippen MR) is 134 cm³/mol. The Morgan fingerprint density at radius 3 is 2.18 bits per heavy atom. The highest BCUT2D eigenvalue weighted by atomic mass is 35.5. The lowest BCUT2D eigenvalue weighted by atomic mass is 9.98. The van der Waals surface area contributed by atoms with Gasteiger partial charge in [-0.05, 0) is 48.7 Å². The molecule has 1 N–H and O–H groups in total. The Hall–Kier alpha value is -3.25.